The Bertz CT molecular complexity index is 720. The summed E-state index contributed by atoms with van der Waals surface area (Å²) < 4.78 is 1.90. The molecule has 1 aliphatic heterocycles. The third-order valence-electron chi connectivity index (χ3n) is 5.21. The molecule has 0 aliphatic carbocycles. The molecule has 25 heavy (non-hydrogen) atoms. The molecule has 0 aromatic carbocycles. The van der Waals surface area contributed by atoms with Crippen LogP contribution in [0.15, 0.2) is 12.3 Å². The number of carbonyl (C=O) groups excluding carboxylic acids is 1. The number of amides is 2. The number of aromatic nitrogens is 4. The summed E-state index contributed by atoms with van der Waals surface area (Å²) in [5.74, 6) is 0.347. The summed E-state index contributed by atoms with van der Waals surface area (Å²) >= 11 is 0. The topological polar surface area (TPSA) is 78.8 Å². The molecule has 2 aromatic heterocycles. The second-order valence-electron chi connectivity index (χ2n) is 7.12. The van der Waals surface area contributed by atoms with Gasteiger partial charge < -0.3 is 10.2 Å². The second-order valence-corrected chi connectivity index (χ2v) is 7.12. The molecule has 2 N–H and O–H groups in total. The molecule has 136 valence electrons. The standard InChI is InChI=1S/C18H28N6O/c1-12(10-16-13(2)22-23(4)14(16)3)20-18(25)24-9-5-6-15(11-24)17-7-8-19-21-17/h7-8,12,15H,5-6,9-11H2,1-4H3,(H,19,21)(H,20,25)/t12-,15+/m1/s1. The zero-order chi connectivity index (χ0) is 18.0. The Morgan fingerprint density at radius 2 is 2.28 bits per heavy atom. The summed E-state index contributed by atoms with van der Waals surface area (Å²) in [6, 6.07) is 2.10. The Kier molecular flexibility index (Phi) is 5.11. The first kappa shape index (κ1) is 17.5. The van der Waals surface area contributed by atoms with Crippen LogP contribution in [-0.4, -0.2) is 50.0 Å². The van der Waals surface area contributed by atoms with Crippen LogP contribution in [-0.2, 0) is 13.5 Å². The number of nitrogens with zero attached hydrogens (tertiary/aromatic N) is 4. The van der Waals surface area contributed by atoms with Gasteiger partial charge in [-0.2, -0.15) is 10.2 Å². The Hall–Kier alpha value is -2.31. The van der Waals surface area contributed by atoms with Gasteiger partial charge in [-0.05, 0) is 51.7 Å². The fourth-order valence-electron chi connectivity index (χ4n) is 3.68. The van der Waals surface area contributed by atoms with E-state index in [0.717, 1.165) is 49.4 Å². The Labute approximate surface area is 148 Å². The van der Waals surface area contributed by atoms with Crippen molar-refractivity contribution in [3.63, 3.8) is 0 Å². The van der Waals surface area contributed by atoms with E-state index in [2.05, 4.69) is 34.5 Å². The third kappa shape index (κ3) is 3.86. The van der Waals surface area contributed by atoms with Crippen molar-refractivity contribution in [2.45, 2.75) is 52.0 Å². The third-order valence-corrected chi connectivity index (χ3v) is 5.21. The van der Waals surface area contributed by atoms with Crippen LogP contribution in [0.5, 0.6) is 0 Å². The molecule has 0 bridgehead atoms. The van der Waals surface area contributed by atoms with E-state index >= 15 is 0 Å². The average molecular weight is 344 g/mol. The summed E-state index contributed by atoms with van der Waals surface area (Å²) in [7, 11) is 1.96. The lowest BCUT2D eigenvalue weighted by atomic mass is 9.95. The van der Waals surface area contributed by atoms with Crippen molar-refractivity contribution in [3.8, 4) is 0 Å². The lowest BCUT2D eigenvalue weighted by Crippen LogP contribution is -2.48. The van der Waals surface area contributed by atoms with Gasteiger partial charge in [-0.15, -0.1) is 0 Å². The Morgan fingerprint density at radius 1 is 1.48 bits per heavy atom. The van der Waals surface area contributed by atoms with Gasteiger partial charge in [0, 0.05) is 49.7 Å². The van der Waals surface area contributed by atoms with Crippen LogP contribution >= 0.6 is 0 Å². The number of nitrogens with one attached hydrogen (secondary N) is 2. The molecule has 1 fully saturated rings. The molecule has 3 rings (SSSR count). The number of likely N-dealkylation sites (tertiary alicyclic amines) is 1. The molecule has 1 aliphatic rings. The van der Waals surface area contributed by atoms with Crippen LogP contribution in [0, 0.1) is 13.8 Å². The smallest absolute Gasteiger partial charge is 0.317 e. The molecule has 2 amide bonds. The van der Waals surface area contributed by atoms with Crippen LogP contribution in [0.4, 0.5) is 4.79 Å². The molecule has 7 nitrogen and oxygen atoms in total. The number of aryl methyl sites for hydroxylation is 2. The van der Waals surface area contributed by atoms with Gasteiger partial charge in [0.25, 0.3) is 0 Å². The fraction of sp³-hybridized carbons (Fsp3) is 0.611. The highest BCUT2D eigenvalue weighted by Gasteiger charge is 2.26. The maximum absolute atomic E-state index is 12.7. The van der Waals surface area contributed by atoms with Crippen LogP contribution in [0.25, 0.3) is 0 Å². The van der Waals surface area contributed by atoms with Crippen molar-refractivity contribution < 1.29 is 4.79 Å². The number of carbonyl (C=O) groups is 1. The quantitative estimate of drug-likeness (QED) is 0.893. The molecular weight excluding hydrogens is 316 g/mol. The van der Waals surface area contributed by atoms with Crippen molar-refractivity contribution in [1.82, 2.24) is 30.2 Å². The lowest BCUT2D eigenvalue weighted by molar-refractivity contribution is 0.176. The van der Waals surface area contributed by atoms with Crippen LogP contribution in [0.3, 0.4) is 0 Å². The minimum absolute atomic E-state index is 0.0240. The zero-order valence-corrected chi connectivity index (χ0v) is 15.5. The highest BCUT2D eigenvalue weighted by Crippen LogP contribution is 2.25. The fourth-order valence-corrected chi connectivity index (χ4v) is 3.68. The predicted molar refractivity (Wildman–Crippen MR) is 96.5 cm³/mol. The van der Waals surface area contributed by atoms with Gasteiger partial charge in [0.1, 0.15) is 0 Å². The summed E-state index contributed by atoms with van der Waals surface area (Å²) in [5.41, 5.74) is 4.55. The minimum Gasteiger partial charge on any atom is -0.335 e. The molecule has 0 unspecified atom stereocenters. The van der Waals surface area contributed by atoms with Crippen molar-refractivity contribution in [3.05, 3.63) is 34.9 Å². The zero-order valence-electron chi connectivity index (χ0n) is 15.5. The highest BCUT2D eigenvalue weighted by atomic mass is 16.2. The maximum atomic E-state index is 12.7. The molecule has 0 radical (unpaired) electrons. The van der Waals surface area contributed by atoms with Crippen molar-refractivity contribution >= 4 is 6.03 Å². The number of H-pyrrole nitrogens is 1. The molecule has 3 heterocycles. The second kappa shape index (κ2) is 7.29. The Balaban J connectivity index is 1.57. The number of aromatic amines is 1. The summed E-state index contributed by atoms with van der Waals surface area (Å²) in [4.78, 5) is 14.6. The molecule has 7 heteroatoms. The first-order chi connectivity index (χ1) is 12.0. The summed E-state index contributed by atoms with van der Waals surface area (Å²) in [6.07, 6.45) is 4.69. The van der Waals surface area contributed by atoms with E-state index in [1.807, 2.05) is 29.6 Å². The van der Waals surface area contributed by atoms with Crippen molar-refractivity contribution in [2.24, 2.45) is 7.05 Å². The van der Waals surface area contributed by atoms with E-state index < -0.39 is 0 Å². The molecule has 2 aromatic rings. The van der Waals surface area contributed by atoms with Gasteiger partial charge in [-0.1, -0.05) is 0 Å². The van der Waals surface area contributed by atoms with Gasteiger partial charge in [0.2, 0.25) is 0 Å². The first-order valence-electron chi connectivity index (χ1n) is 8.99. The van der Waals surface area contributed by atoms with Crippen LogP contribution in [0.2, 0.25) is 0 Å². The van der Waals surface area contributed by atoms with Crippen LogP contribution < -0.4 is 5.32 Å². The van der Waals surface area contributed by atoms with Crippen LogP contribution in [0.1, 0.15) is 48.3 Å². The molecule has 1 saturated heterocycles. The molecular formula is C18H28N6O. The van der Waals surface area contributed by atoms with Crippen molar-refractivity contribution in [2.75, 3.05) is 13.1 Å². The van der Waals surface area contributed by atoms with Gasteiger partial charge in [-0.25, -0.2) is 4.79 Å². The monoisotopic (exact) mass is 344 g/mol. The lowest BCUT2D eigenvalue weighted by Gasteiger charge is -2.33. The number of hydrogen-bond acceptors (Lipinski definition) is 3. The van der Waals surface area contributed by atoms with E-state index in [1.165, 1.54) is 5.56 Å². The van der Waals surface area contributed by atoms with Gasteiger partial charge in [-0.3, -0.25) is 9.78 Å². The highest BCUT2D eigenvalue weighted by molar-refractivity contribution is 5.74. The van der Waals surface area contributed by atoms with E-state index in [4.69, 9.17) is 0 Å². The summed E-state index contributed by atoms with van der Waals surface area (Å²) in [5, 5.41) is 14.7. The SMILES string of the molecule is Cc1nn(C)c(C)c1C[C@@H](C)NC(=O)N1CCC[C@H](c2ccn[nH]2)C1. The van der Waals surface area contributed by atoms with Gasteiger partial charge in [0.15, 0.2) is 0 Å². The largest absolute Gasteiger partial charge is 0.335 e. The number of urea groups is 1. The number of rotatable bonds is 4. The number of piperidine rings is 1. The summed E-state index contributed by atoms with van der Waals surface area (Å²) in [6.45, 7) is 7.71. The number of hydrogen-bond donors (Lipinski definition) is 2. The van der Waals surface area contributed by atoms with Gasteiger partial charge in [0.05, 0.1) is 5.69 Å². The normalized spacial score (nSPS) is 19.0. The molecule has 0 spiro atoms. The molecule has 2 atom stereocenters. The van der Waals surface area contributed by atoms with E-state index in [9.17, 15) is 4.79 Å². The first-order valence-corrected chi connectivity index (χ1v) is 8.99. The van der Waals surface area contributed by atoms with Crippen molar-refractivity contribution in [1.29, 1.82) is 0 Å². The average Bonchev–Trinajstić information content (AvgIpc) is 3.20. The maximum Gasteiger partial charge on any atom is 0.317 e. The Morgan fingerprint density at radius 3 is 2.92 bits per heavy atom. The van der Waals surface area contributed by atoms with Gasteiger partial charge >= 0.3 is 6.03 Å². The minimum atomic E-state index is 0.0240. The van der Waals surface area contributed by atoms with E-state index in [1.54, 1.807) is 6.20 Å². The predicted octanol–water partition coefficient (Wildman–Crippen LogP) is 2.28. The molecule has 0 saturated carbocycles. The van der Waals surface area contributed by atoms with E-state index in [-0.39, 0.29) is 12.1 Å². The van der Waals surface area contributed by atoms with E-state index in [0.29, 0.717) is 5.92 Å².